The summed E-state index contributed by atoms with van der Waals surface area (Å²) in [6.07, 6.45) is 6.04. The van der Waals surface area contributed by atoms with E-state index in [-0.39, 0.29) is 5.91 Å². The van der Waals surface area contributed by atoms with Crippen molar-refractivity contribution in [1.82, 2.24) is 19.0 Å². The molecule has 0 N–H and O–H groups in total. The van der Waals surface area contributed by atoms with Crippen LogP contribution in [-0.2, 0) is 13.1 Å². The number of carbonyl (C=O) groups excluding carboxylic acids is 2. The molecule has 0 bridgehead atoms. The van der Waals surface area contributed by atoms with Crippen molar-refractivity contribution < 1.29 is 14.3 Å². The minimum Gasteiger partial charge on any atom is -0.497 e. The predicted molar refractivity (Wildman–Crippen MR) is 94.1 cm³/mol. The van der Waals surface area contributed by atoms with Gasteiger partial charge >= 0.3 is 0 Å². The third kappa shape index (κ3) is 3.00. The summed E-state index contributed by atoms with van der Waals surface area (Å²) >= 11 is 0. The van der Waals surface area contributed by atoms with Crippen molar-refractivity contribution >= 4 is 23.1 Å². The molecule has 7 nitrogen and oxygen atoms in total. The van der Waals surface area contributed by atoms with Crippen molar-refractivity contribution in [3.05, 3.63) is 48.2 Å². The topological polar surface area (TPSA) is 69.4 Å². The SMILES string of the molecule is COc1ccc2c(c1)c(C=O)c(C(=O)N(C)C)n2CCn1ccnc1. The van der Waals surface area contributed by atoms with Crippen LogP contribution in [0.3, 0.4) is 0 Å². The Balaban J connectivity index is 2.18. The highest BCUT2D eigenvalue weighted by molar-refractivity contribution is 6.10. The van der Waals surface area contributed by atoms with Gasteiger partial charge in [-0.2, -0.15) is 0 Å². The van der Waals surface area contributed by atoms with Crippen LogP contribution in [0.15, 0.2) is 36.9 Å². The van der Waals surface area contributed by atoms with Crippen LogP contribution >= 0.6 is 0 Å². The molecule has 3 aromatic rings. The van der Waals surface area contributed by atoms with Crippen molar-refractivity contribution in [2.45, 2.75) is 13.1 Å². The fourth-order valence-electron chi connectivity index (χ4n) is 2.92. The van der Waals surface area contributed by atoms with Crippen molar-refractivity contribution in [1.29, 1.82) is 0 Å². The first kappa shape index (κ1) is 16.8. The van der Waals surface area contributed by atoms with Gasteiger partial charge in [0.1, 0.15) is 11.4 Å². The largest absolute Gasteiger partial charge is 0.497 e. The smallest absolute Gasteiger partial charge is 0.270 e. The Morgan fingerprint density at radius 2 is 2.12 bits per heavy atom. The highest BCUT2D eigenvalue weighted by Crippen LogP contribution is 2.29. The van der Waals surface area contributed by atoms with E-state index in [0.717, 1.165) is 11.8 Å². The number of benzene rings is 1. The summed E-state index contributed by atoms with van der Waals surface area (Å²) in [5.41, 5.74) is 1.61. The first-order valence-electron chi connectivity index (χ1n) is 7.89. The maximum atomic E-state index is 12.7. The molecule has 0 spiro atoms. The average Bonchev–Trinajstić information content (AvgIpc) is 3.23. The number of methoxy groups -OCH3 is 1. The lowest BCUT2D eigenvalue weighted by molar-refractivity contribution is 0.0813. The molecular weight excluding hydrogens is 320 g/mol. The molecule has 2 heterocycles. The molecule has 25 heavy (non-hydrogen) atoms. The zero-order chi connectivity index (χ0) is 18.0. The van der Waals surface area contributed by atoms with Gasteiger partial charge in [-0.25, -0.2) is 4.98 Å². The Kier molecular flexibility index (Phi) is 4.56. The molecule has 0 unspecified atom stereocenters. The molecule has 7 heteroatoms. The van der Waals surface area contributed by atoms with Crippen LogP contribution in [-0.4, -0.2) is 52.4 Å². The molecule has 0 atom stereocenters. The van der Waals surface area contributed by atoms with E-state index in [2.05, 4.69) is 4.98 Å². The molecule has 0 saturated heterocycles. The number of fused-ring (bicyclic) bond motifs is 1. The third-order valence-corrected chi connectivity index (χ3v) is 4.18. The molecule has 3 rings (SSSR count). The fourth-order valence-corrected chi connectivity index (χ4v) is 2.92. The van der Waals surface area contributed by atoms with Crippen LogP contribution < -0.4 is 4.74 Å². The summed E-state index contributed by atoms with van der Waals surface area (Å²) in [7, 11) is 4.93. The van der Waals surface area contributed by atoms with Gasteiger partial charge in [-0.15, -0.1) is 0 Å². The van der Waals surface area contributed by atoms with Gasteiger partial charge in [-0.1, -0.05) is 0 Å². The number of hydrogen-bond acceptors (Lipinski definition) is 4. The van der Waals surface area contributed by atoms with Crippen LogP contribution in [0.1, 0.15) is 20.8 Å². The van der Waals surface area contributed by atoms with Gasteiger partial charge in [0, 0.05) is 50.5 Å². The Hall–Kier alpha value is -3.09. The van der Waals surface area contributed by atoms with Crippen molar-refractivity contribution in [3.8, 4) is 5.75 Å². The zero-order valence-electron chi connectivity index (χ0n) is 14.5. The number of amides is 1. The van der Waals surface area contributed by atoms with Crippen LogP contribution in [0.25, 0.3) is 10.9 Å². The normalized spacial score (nSPS) is 10.8. The second-order valence-electron chi connectivity index (χ2n) is 5.91. The number of imidazole rings is 1. The lowest BCUT2D eigenvalue weighted by atomic mass is 10.1. The summed E-state index contributed by atoms with van der Waals surface area (Å²) in [4.78, 5) is 30.0. The van der Waals surface area contributed by atoms with Crippen LogP contribution in [0, 0.1) is 0 Å². The first-order valence-corrected chi connectivity index (χ1v) is 7.89. The molecular formula is C18H20N4O3. The number of aryl methyl sites for hydroxylation is 2. The summed E-state index contributed by atoms with van der Waals surface area (Å²) < 4.78 is 9.08. The number of ether oxygens (including phenoxy) is 1. The molecule has 130 valence electrons. The molecule has 0 fully saturated rings. The van der Waals surface area contributed by atoms with Gasteiger partial charge in [0.05, 0.1) is 19.0 Å². The van der Waals surface area contributed by atoms with Crippen LogP contribution in [0.4, 0.5) is 0 Å². The molecule has 0 aliphatic carbocycles. The highest BCUT2D eigenvalue weighted by atomic mass is 16.5. The summed E-state index contributed by atoms with van der Waals surface area (Å²) in [5, 5.41) is 0.713. The Labute approximate surface area is 145 Å². The molecule has 0 radical (unpaired) electrons. The Morgan fingerprint density at radius 3 is 2.72 bits per heavy atom. The van der Waals surface area contributed by atoms with Gasteiger partial charge in [0.25, 0.3) is 5.91 Å². The van der Waals surface area contributed by atoms with E-state index < -0.39 is 0 Å². The molecule has 2 aromatic heterocycles. The summed E-state index contributed by atoms with van der Waals surface area (Å²) in [6.45, 7) is 1.18. The highest BCUT2D eigenvalue weighted by Gasteiger charge is 2.24. The Morgan fingerprint density at radius 1 is 1.32 bits per heavy atom. The van der Waals surface area contributed by atoms with Crippen molar-refractivity contribution in [2.75, 3.05) is 21.2 Å². The van der Waals surface area contributed by atoms with E-state index in [1.165, 1.54) is 4.90 Å². The third-order valence-electron chi connectivity index (χ3n) is 4.18. The van der Waals surface area contributed by atoms with E-state index in [1.54, 1.807) is 39.8 Å². The maximum Gasteiger partial charge on any atom is 0.270 e. The second kappa shape index (κ2) is 6.80. The van der Waals surface area contributed by atoms with Gasteiger partial charge in [-0.3, -0.25) is 9.59 Å². The molecule has 0 aliphatic rings. The number of rotatable bonds is 6. The van der Waals surface area contributed by atoms with E-state index >= 15 is 0 Å². The van der Waals surface area contributed by atoms with Gasteiger partial charge in [0.15, 0.2) is 6.29 Å². The Bertz CT molecular complexity index is 910. The number of aldehydes is 1. The lowest BCUT2D eigenvalue weighted by Crippen LogP contribution is -2.26. The van der Waals surface area contributed by atoms with Crippen molar-refractivity contribution in [2.24, 2.45) is 0 Å². The standard InChI is InChI=1S/C18H20N4O3/c1-20(2)18(24)17-15(11-23)14-10-13(25-3)4-5-16(14)22(17)9-8-21-7-6-19-12-21/h4-7,10-12H,8-9H2,1-3H3. The van der Waals surface area contributed by atoms with Crippen molar-refractivity contribution in [3.63, 3.8) is 0 Å². The number of aromatic nitrogens is 3. The van der Waals surface area contributed by atoms with E-state index in [0.29, 0.717) is 35.5 Å². The number of hydrogen-bond donors (Lipinski definition) is 0. The van der Waals surface area contributed by atoms with Crippen LogP contribution in [0.2, 0.25) is 0 Å². The summed E-state index contributed by atoms with van der Waals surface area (Å²) in [6, 6.07) is 5.50. The van der Waals surface area contributed by atoms with E-state index in [9.17, 15) is 9.59 Å². The predicted octanol–water partition coefficient (Wildman–Crippen LogP) is 2.06. The van der Waals surface area contributed by atoms with Crippen LogP contribution in [0.5, 0.6) is 5.75 Å². The second-order valence-corrected chi connectivity index (χ2v) is 5.91. The zero-order valence-corrected chi connectivity index (χ0v) is 14.5. The van der Waals surface area contributed by atoms with E-state index in [1.807, 2.05) is 27.5 Å². The molecule has 0 saturated carbocycles. The summed E-state index contributed by atoms with van der Waals surface area (Å²) in [5.74, 6) is 0.439. The minimum atomic E-state index is -0.206. The molecule has 1 amide bonds. The first-order chi connectivity index (χ1) is 12.1. The molecule has 1 aromatic carbocycles. The molecule has 0 aliphatic heterocycles. The minimum absolute atomic E-state index is 0.206. The number of carbonyl (C=O) groups is 2. The monoisotopic (exact) mass is 340 g/mol. The number of nitrogens with zero attached hydrogens (tertiary/aromatic N) is 4. The maximum absolute atomic E-state index is 12.7. The van der Waals surface area contributed by atoms with Gasteiger partial charge in [-0.05, 0) is 18.2 Å². The van der Waals surface area contributed by atoms with E-state index in [4.69, 9.17) is 4.74 Å². The quantitative estimate of drug-likeness (QED) is 0.644. The lowest BCUT2D eigenvalue weighted by Gasteiger charge is -2.15. The van der Waals surface area contributed by atoms with Gasteiger partial charge < -0.3 is 18.8 Å². The fraction of sp³-hybridized carbons (Fsp3) is 0.278. The average molecular weight is 340 g/mol. The van der Waals surface area contributed by atoms with Gasteiger partial charge in [0.2, 0.25) is 0 Å².